The molecular formula is C68H38BN5O3. The van der Waals surface area contributed by atoms with Crippen LogP contribution < -0.4 is 30.6 Å². The van der Waals surface area contributed by atoms with E-state index in [9.17, 15) is 0 Å². The molecule has 1 spiro atoms. The lowest BCUT2D eigenvalue weighted by Gasteiger charge is -2.50. The Bertz CT molecular complexity index is 4840. The predicted molar refractivity (Wildman–Crippen MR) is 308 cm³/mol. The average molecular weight is 984 g/mol. The minimum Gasteiger partial charge on any atom is -0.458 e. The van der Waals surface area contributed by atoms with Crippen molar-refractivity contribution in [3.05, 3.63) is 253 Å². The maximum atomic E-state index is 7.85. The highest BCUT2D eigenvalue weighted by molar-refractivity contribution is 6.99. The fraction of sp³-hybridized carbons (Fsp3) is 0.0147. The predicted octanol–water partition coefficient (Wildman–Crippen LogP) is 14.2. The lowest BCUT2D eigenvalue weighted by Crippen LogP contribution is -2.65. The smallest absolute Gasteiger partial charge is 0.261 e. The van der Waals surface area contributed by atoms with Crippen LogP contribution in [-0.2, 0) is 5.41 Å². The summed E-state index contributed by atoms with van der Waals surface area (Å²) in [6.07, 6.45) is 0. The SMILES string of the molecule is c1cc(-n2c3ccccc3c3ccccc32)c2c(c1)C1(c3cccc(-n4c5ccccc5c5ccccc54)c3O2)c2cccc3c2B2c4c(cc(-n5c6ccccc6n6c7ccccc7nc56)cc4Oc4cccc1c42)O3. The van der Waals surface area contributed by atoms with Gasteiger partial charge < -0.3 is 23.3 Å². The first-order chi connectivity index (χ1) is 38.2. The van der Waals surface area contributed by atoms with Crippen LogP contribution in [0.2, 0.25) is 0 Å². The molecule has 0 radical (unpaired) electrons. The van der Waals surface area contributed by atoms with Gasteiger partial charge in [0, 0.05) is 50.3 Å². The second-order valence-corrected chi connectivity index (χ2v) is 20.9. The third-order valence-electron chi connectivity index (χ3n) is 17.3. The summed E-state index contributed by atoms with van der Waals surface area (Å²) in [5, 5.41) is 4.75. The molecule has 0 atom stereocenters. The van der Waals surface area contributed by atoms with E-state index < -0.39 is 5.41 Å². The molecule has 0 aliphatic carbocycles. The lowest BCUT2D eigenvalue weighted by molar-refractivity contribution is 0.428. The zero-order chi connectivity index (χ0) is 49.8. The fourth-order valence-electron chi connectivity index (χ4n) is 14.5. The summed E-state index contributed by atoms with van der Waals surface area (Å²) in [6, 6.07) is 82.9. The van der Waals surface area contributed by atoms with Gasteiger partial charge in [-0.3, -0.25) is 8.97 Å². The lowest BCUT2D eigenvalue weighted by atomic mass is 9.29. The van der Waals surface area contributed by atoms with Gasteiger partial charge in [-0.05, 0) is 94.8 Å². The van der Waals surface area contributed by atoms with Crippen molar-refractivity contribution in [1.82, 2.24) is 23.1 Å². The number of hydrogen-bond acceptors (Lipinski definition) is 4. The molecule has 4 aliphatic rings. The van der Waals surface area contributed by atoms with E-state index in [0.29, 0.717) is 0 Å². The summed E-state index contributed by atoms with van der Waals surface area (Å²) >= 11 is 0. The number of ether oxygens (including phenoxy) is 3. The molecule has 8 heterocycles. The second kappa shape index (κ2) is 14.1. The van der Waals surface area contributed by atoms with Crippen LogP contribution in [0, 0.1) is 0 Å². The van der Waals surface area contributed by atoms with Gasteiger partial charge in [0.05, 0.1) is 66.6 Å². The summed E-state index contributed by atoms with van der Waals surface area (Å²) in [5.74, 6) is 5.61. The van der Waals surface area contributed by atoms with Crippen LogP contribution >= 0.6 is 0 Å². The molecule has 0 N–H and O–H groups in total. The van der Waals surface area contributed by atoms with Gasteiger partial charge in [-0.2, -0.15) is 0 Å². The van der Waals surface area contributed by atoms with E-state index in [0.717, 1.165) is 140 Å². The van der Waals surface area contributed by atoms with Crippen molar-refractivity contribution in [3.8, 4) is 51.6 Å². The number of para-hydroxylation sites is 10. The molecule has 15 aromatic rings. The van der Waals surface area contributed by atoms with Gasteiger partial charge in [-0.25, -0.2) is 4.98 Å². The van der Waals surface area contributed by atoms with Crippen LogP contribution in [0.3, 0.4) is 0 Å². The first kappa shape index (κ1) is 40.2. The minimum absolute atomic E-state index is 0.189. The second-order valence-electron chi connectivity index (χ2n) is 20.9. The van der Waals surface area contributed by atoms with E-state index in [1.165, 1.54) is 21.5 Å². The number of hydrogen-bond donors (Lipinski definition) is 0. The first-order valence-electron chi connectivity index (χ1n) is 26.3. The van der Waals surface area contributed by atoms with Gasteiger partial charge in [0.15, 0.2) is 11.5 Å². The van der Waals surface area contributed by atoms with Crippen LogP contribution in [-0.4, -0.2) is 29.8 Å². The van der Waals surface area contributed by atoms with E-state index in [-0.39, 0.29) is 6.71 Å². The molecule has 4 aliphatic heterocycles. The Hall–Kier alpha value is -10.2. The molecule has 77 heavy (non-hydrogen) atoms. The summed E-state index contributed by atoms with van der Waals surface area (Å²) in [5.41, 5.74) is 18.2. The third-order valence-corrected chi connectivity index (χ3v) is 17.3. The largest absolute Gasteiger partial charge is 0.458 e. The number of fused-ring (bicyclic) bond motifs is 17. The van der Waals surface area contributed by atoms with Gasteiger partial charge >= 0.3 is 0 Å². The normalized spacial score (nSPS) is 14.1. The summed E-state index contributed by atoms with van der Waals surface area (Å²) in [7, 11) is 0. The van der Waals surface area contributed by atoms with Gasteiger partial charge in [-0.15, -0.1) is 0 Å². The number of rotatable bonds is 3. The molecule has 0 amide bonds. The number of aromatic nitrogens is 5. The van der Waals surface area contributed by atoms with E-state index >= 15 is 0 Å². The van der Waals surface area contributed by atoms with E-state index in [1.54, 1.807) is 0 Å². The molecule has 0 saturated carbocycles. The zero-order valence-electron chi connectivity index (χ0n) is 41.0. The standard InChI is InChI=1S/C68H38BN5O3/c1-6-26-49-40(17-1)41-18-2-7-27-50(41)72(49)56-33-13-23-46-65(56)77-66-47(24-14-34-57(66)73-51-28-8-3-19-42(51)43-20-4-9-29-52(43)73)68(46)44-21-15-35-58-62(44)69-63-45(68)22-16-36-59(63)76-61-38-39(37-60(75-58)64(61)69)71-54-31-11-12-32-55(54)74-53-30-10-5-25-48(53)70-67(71)74/h1-38H. The first-order valence-corrected chi connectivity index (χ1v) is 26.3. The molecule has 0 fully saturated rings. The van der Waals surface area contributed by atoms with Crippen LogP contribution in [0.25, 0.3) is 88.5 Å². The van der Waals surface area contributed by atoms with Crippen molar-refractivity contribution in [2.45, 2.75) is 5.41 Å². The van der Waals surface area contributed by atoms with Crippen molar-refractivity contribution in [1.29, 1.82) is 0 Å². The Morgan fingerprint density at radius 2 is 0.766 bits per heavy atom. The van der Waals surface area contributed by atoms with E-state index in [1.807, 2.05) is 6.07 Å². The molecule has 8 nitrogen and oxygen atoms in total. The Kier molecular flexibility index (Phi) is 7.37. The van der Waals surface area contributed by atoms with Crippen LogP contribution in [0.15, 0.2) is 231 Å². The third kappa shape index (κ3) is 4.81. The maximum Gasteiger partial charge on any atom is 0.261 e. The molecule has 0 saturated heterocycles. The van der Waals surface area contributed by atoms with Crippen molar-refractivity contribution in [3.63, 3.8) is 0 Å². The van der Waals surface area contributed by atoms with Gasteiger partial charge in [0.1, 0.15) is 23.0 Å². The molecule has 356 valence electrons. The van der Waals surface area contributed by atoms with Crippen LogP contribution in [0.4, 0.5) is 0 Å². The molecule has 9 heteroatoms. The number of benzene rings is 11. The molecule has 0 unspecified atom stereocenters. The molecule has 4 aromatic heterocycles. The van der Waals surface area contributed by atoms with Crippen molar-refractivity contribution in [2.75, 3.05) is 0 Å². The Morgan fingerprint density at radius 3 is 1.29 bits per heavy atom. The highest BCUT2D eigenvalue weighted by Crippen LogP contribution is 2.61. The van der Waals surface area contributed by atoms with Gasteiger partial charge in [0.25, 0.3) is 6.71 Å². The molecular weight excluding hydrogens is 946 g/mol. The highest BCUT2D eigenvalue weighted by atomic mass is 16.5. The quantitative estimate of drug-likeness (QED) is 0.166. The number of imidazole rings is 2. The average Bonchev–Trinajstić information content (AvgIpc) is 4.38. The summed E-state index contributed by atoms with van der Waals surface area (Å²) in [6.45, 7) is -0.189. The van der Waals surface area contributed by atoms with Crippen LogP contribution in [0.5, 0.6) is 34.5 Å². The van der Waals surface area contributed by atoms with E-state index in [4.69, 9.17) is 19.2 Å². The van der Waals surface area contributed by atoms with Crippen molar-refractivity contribution >= 4 is 94.6 Å². The van der Waals surface area contributed by atoms with Crippen molar-refractivity contribution < 1.29 is 14.2 Å². The van der Waals surface area contributed by atoms with Crippen molar-refractivity contribution in [2.24, 2.45) is 0 Å². The fourth-order valence-corrected chi connectivity index (χ4v) is 14.5. The van der Waals surface area contributed by atoms with Gasteiger partial charge in [-0.1, -0.05) is 146 Å². The summed E-state index contributed by atoms with van der Waals surface area (Å²) < 4.78 is 31.9. The number of nitrogens with zero attached hydrogens (tertiary/aromatic N) is 5. The van der Waals surface area contributed by atoms with Gasteiger partial charge in [0.2, 0.25) is 5.78 Å². The monoisotopic (exact) mass is 983 g/mol. The van der Waals surface area contributed by atoms with Crippen LogP contribution in [0.1, 0.15) is 22.3 Å². The molecule has 0 bridgehead atoms. The zero-order valence-corrected chi connectivity index (χ0v) is 41.0. The highest BCUT2D eigenvalue weighted by Gasteiger charge is 2.57. The Labute approximate surface area is 439 Å². The molecule has 11 aromatic carbocycles. The topological polar surface area (TPSA) is 59.8 Å². The Balaban J connectivity index is 0.915. The minimum atomic E-state index is -0.917. The van der Waals surface area contributed by atoms with E-state index in [2.05, 4.69) is 243 Å². The maximum absolute atomic E-state index is 7.85. The summed E-state index contributed by atoms with van der Waals surface area (Å²) in [4.78, 5) is 5.24. The Morgan fingerprint density at radius 1 is 0.338 bits per heavy atom. The molecule has 19 rings (SSSR count).